The largest absolute Gasteiger partial charge is 0.379 e. The fourth-order valence-corrected chi connectivity index (χ4v) is 6.08. The molecule has 0 aliphatic carbocycles. The third-order valence-corrected chi connectivity index (χ3v) is 7.71. The fraction of sp³-hybridized carbons (Fsp3) is 0.667. The van der Waals surface area contributed by atoms with Crippen LogP contribution in [0.25, 0.3) is 10.2 Å². The van der Waals surface area contributed by atoms with Crippen LogP contribution in [-0.2, 0) is 9.53 Å². The number of aromatic nitrogens is 2. The van der Waals surface area contributed by atoms with Crippen LogP contribution in [0.2, 0.25) is 0 Å². The highest BCUT2D eigenvalue weighted by Gasteiger charge is 2.43. The number of amides is 1. The van der Waals surface area contributed by atoms with Crippen LogP contribution >= 0.6 is 11.3 Å². The number of fused-ring (bicyclic) bond motifs is 1. The molecule has 1 unspecified atom stereocenters. The highest BCUT2D eigenvalue weighted by molar-refractivity contribution is 7.17. The third-order valence-electron chi connectivity index (χ3n) is 6.81. The standard InChI is InChI=1S/C21H29N5O2S/c27-18(15-24-10-12-28-13-11-24)25-7-1-4-21(6-9-25)5-2-8-26(21)20-19-17(3-14-29-19)22-16-23-20/h3,14,16H,1-2,4-13,15H2. The summed E-state index contributed by atoms with van der Waals surface area (Å²) in [5.41, 5.74) is 1.16. The van der Waals surface area contributed by atoms with Crippen LogP contribution in [0.1, 0.15) is 32.1 Å². The zero-order valence-electron chi connectivity index (χ0n) is 16.9. The Morgan fingerprint density at radius 2 is 1.90 bits per heavy atom. The number of ether oxygens (including phenoxy) is 1. The second-order valence-corrected chi connectivity index (χ2v) is 9.35. The first-order valence-corrected chi connectivity index (χ1v) is 11.7. The first kappa shape index (κ1) is 19.2. The Kier molecular flexibility index (Phi) is 5.41. The molecule has 1 spiro atoms. The van der Waals surface area contributed by atoms with Crippen LogP contribution in [0.5, 0.6) is 0 Å². The minimum atomic E-state index is 0.124. The summed E-state index contributed by atoms with van der Waals surface area (Å²) in [7, 11) is 0. The smallest absolute Gasteiger partial charge is 0.236 e. The lowest BCUT2D eigenvalue weighted by Gasteiger charge is -2.39. The molecule has 3 aliphatic heterocycles. The molecule has 0 N–H and O–H groups in total. The Bertz CT molecular complexity index is 868. The number of rotatable bonds is 3. The van der Waals surface area contributed by atoms with Gasteiger partial charge in [0.25, 0.3) is 0 Å². The molecule has 2 aromatic rings. The van der Waals surface area contributed by atoms with Gasteiger partial charge in [-0.15, -0.1) is 11.3 Å². The Labute approximate surface area is 175 Å². The average molecular weight is 416 g/mol. The van der Waals surface area contributed by atoms with Crippen molar-refractivity contribution in [3.63, 3.8) is 0 Å². The van der Waals surface area contributed by atoms with Gasteiger partial charge < -0.3 is 14.5 Å². The van der Waals surface area contributed by atoms with E-state index in [0.29, 0.717) is 6.54 Å². The Morgan fingerprint density at radius 1 is 1.07 bits per heavy atom. The highest BCUT2D eigenvalue weighted by atomic mass is 32.1. The molecule has 0 radical (unpaired) electrons. The topological polar surface area (TPSA) is 61.8 Å². The number of thiophene rings is 1. The maximum absolute atomic E-state index is 12.9. The van der Waals surface area contributed by atoms with E-state index in [2.05, 4.69) is 31.1 Å². The minimum absolute atomic E-state index is 0.124. The summed E-state index contributed by atoms with van der Waals surface area (Å²) in [6, 6.07) is 2.08. The van der Waals surface area contributed by atoms with Crippen molar-refractivity contribution in [2.24, 2.45) is 0 Å². The van der Waals surface area contributed by atoms with Crippen LogP contribution in [0.15, 0.2) is 17.8 Å². The molecule has 8 heteroatoms. The molecule has 3 aliphatic rings. The van der Waals surface area contributed by atoms with Crippen molar-refractivity contribution < 1.29 is 9.53 Å². The zero-order valence-corrected chi connectivity index (χ0v) is 17.7. The van der Waals surface area contributed by atoms with Gasteiger partial charge in [-0.05, 0) is 43.6 Å². The number of carbonyl (C=O) groups is 1. The first-order valence-electron chi connectivity index (χ1n) is 10.8. The molecule has 5 rings (SSSR count). The van der Waals surface area contributed by atoms with E-state index in [1.165, 1.54) is 17.5 Å². The normalized spacial score (nSPS) is 26.3. The summed E-state index contributed by atoms with van der Waals surface area (Å²) in [6.07, 6.45) is 7.30. The predicted molar refractivity (Wildman–Crippen MR) is 114 cm³/mol. The molecular formula is C21H29N5O2S. The van der Waals surface area contributed by atoms with Crippen molar-refractivity contribution in [2.75, 3.05) is 57.4 Å². The van der Waals surface area contributed by atoms with Crippen molar-refractivity contribution in [1.82, 2.24) is 19.8 Å². The van der Waals surface area contributed by atoms with Gasteiger partial charge in [-0.25, -0.2) is 9.97 Å². The van der Waals surface area contributed by atoms with E-state index in [9.17, 15) is 4.79 Å². The van der Waals surface area contributed by atoms with E-state index in [1.807, 2.05) is 0 Å². The summed E-state index contributed by atoms with van der Waals surface area (Å²) in [5, 5.41) is 2.10. The number of hydrogen-bond acceptors (Lipinski definition) is 7. The molecule has 0 aromatic carbocycles. The molecule has 1 amide bonds. The van der Waals surface area contributed by atoms with Crippen LogP contribution < -0.4 is 4.90 Å². The number of nitrogens with zero attached hydrogens (tertiary/aromatic N) is 5. The van der Waals surface area contributed by atoms with Crippen LogP contribution in [-0.4, -0.2) is 83.7 Å². The van der Waals surface area contributed by atoms with Gasteiger partial charge in [0, 0.05) is 38.3 Å². The first-order chi connectivity index (χ1) is 14.3. The van der Waals surface area contributed by atoms with E-state index in [-0.39, 0.29) is 11.4 Å². The zero-order chi connectivity index (χ0) is 19.7. The van der Waals surface area contributed by atoms with E-state index in [0.717, 1.165) is 76.5 Å². The third kappa shape index (κ3) is 3.73. The van der Waals surface area contributed by atoms with Gasteiger partial charge in [-0.3, -0.25) is 9.69 Å². The van der Waals surface area contributed by atoms with E-state index in [4.69, 9.17) is 9.72 Å². The number of morpholine rings is 1. The molecule has 5 heterocycles. The van der Waals surface area contributed by atoms with Crippen molar-refractivity contribution in [1.29, 1.82) is 0 Å². The van der Waals surface area contributed by atoms with E-state index >= 15 is 0 Å². The maximum Gasteiger partial charge on any atom is 0.236 e. The predicted octanol–water partition coefficient (Wildman–Crippen LogP) is 2.38. The number of carbonyl (C=O) groups excluding carboxylic acids is 1. The minimum Gasteiger partial charge on any atom is -0.379 e. The molecule has 29 heavy (non-hydrogen) atoms. The van der Waals surface area contributed by atoms with Crippen LogP contribution in [0.3, 0.4) is 0 Å². The van der Waals surface area contributed by atoms with Gasteiger partial charge in [-0.2, -0.15) is 0 Å². The Balaban J connectivity index is 1.31. The van der Waals surface area contributed by atoms with E-state index in [1.54, 1.807) is 17.7 Å². The number of anilines is 1. The molecule has 2 aromatic heterocycles. The molecule has 3 saturated heterocycles. The van der Waals surface area contributed by atoms with Gasteiger partial charge in [-0.1, -0.05) is 0 Å². The lowest BCUT2D eigenvalue weighted by molar-refractivity contribution is -0.133. The highest BCUT2D eigenvalue weighted by Crippen LogP contribution is 2.43. The maximum atomic E-state index is 12.9. The van der Waals surface area contributed by atoms with Crippen molar-refractivity contribution in [3.05, 3.63) is 17.8 Å². The SMILES string of the molecule is O=C(CN1CCOCC1)N1CCCC2(CCCN2c2ncnc3ccsc23)CC1. The van der Waals surface area contributed by atoms with Gasteiger partial charge in [0.05, 0.1) is 30.0 Å². The van der Waals surface area contributed by atoms with Gasteiger partial charge in [0.1, 0.15) is 12.1 Å². The summed E-state index contributed by atoms with van der Waals surface area (Å²) in [4.78, 5) is 28.9. The summed E-state index contributed by atoms with van der Waals surface area (Å²) in [6.45, 7) is 6.50. The number of hydrogen-bond donors (Lipinski definition) is 0. The second-order valence-electron chi connectivity index (χ2n) is 8.43. The summed E-state index contributed by atoms with van der Waals surface area (Å²) < 4.78 is 6.60. The second kappa shape index (κ2) is 8.16. The Hall–Kier alpha value is -1.77. The molecule has 1 atom stereocenters. The number of likely N-dealkylation sites (tertiary alicyclic amines) is 1. The molecule has 156 valence electrons. The molecule has 0 bridgehead atoms. The van der Waals surface area contributed by atoms with Crippen molar-refractivity contribution in [2.45, 2.75) is 37.6 Å². The Morgan fingerprint density at radius 3 is 2.76 bits per heavy atom. The van der Waals surface area contributed by atoms with Gasteiger partial charge >= 0.3 is 0 Å². The van der Waals surface area contributed by atoms with Gasteiger partial charge in [0.15, 0.2) is 0 Å². The van der Waals surface area contributed by atoms with Crippen LogP contribution in [0.4, 0.5) is 5.82 Å². The van der Waals surface area contributed by atoms with Crippen LogP contribution in [0, 0.1) is 0 Å². The van der Waals surface area contributed by atoms with Crippen molar-refractivity contribution in [3.8, 4) is 0 Å². The van der Waals surface area contributed by atoms with E-state index < -0.39 is 0 Å². The molecule has 0 saturated carbocycles. The molecular weight excluding hydrogens is 386 g/mol. The summed E-state index contributed by atoms with van der Waals surface area (Å²) in [5.74, 6) is 1.37. The van der Waals surface area contributed by atoms with Gasteiger partial charge in [0.2, 0.25) is 5.91 Å². The average Bonchev–Trinajstić information content (AvgIpc) is 3.32. The molecule has 3 fully saturated rings. The summed E-state index contributed by atoms with van der Waals surface area (Å²) >= 11 is 1.73. The van der Waals surface area contributed by atoms with Crippen molar-refractivity contribution >= 4 is 33.3 Å². The fourth-order valence-electron chi connectivity index (χ4n) is 5.24. The quantitative estimate of drug-likeness (QED) is 0.767. The lowest BCUT2D eigenvalue weighted by atomic mass is 9.87. The monoisotopic (exact) mass is 415 g/mol. The lowest BCUT2D eigenvalue weighted by Crippen LogP contribution is -2.47. The molecule has 7 nitrogen and oxygen atoms in total.